The molecule has 5 heteroatoms. The van der Waals surface area contributed by atoms with Crippen LogP contribution in [0.2, 0.25) is 10.0 Å². The van der Waals surface area contributed by atoms with E-state index in [2.05, 4.69) is 17.9 Å². The van der Waals surface area contributed by atoms with Crippen molar-refractivity contribution >= 4 is 47.4 Å². The highest BCUT2D eigenvalue weighted by Crippen LogP contribution is 2.29. The van der Waals surface area contributed by atoms with Crippen LogP contribution in [0.4, 0.5) is 5.69 Å². The number of nitrogens with one attached hydrogen (secondary N) is 1. The smallest absolute Gasteiger partial charge is 0.225 e. The molecule has 0 aliphatic heterocycles. The third-order valence-electron chi connectivity index (χ3n) is 1.57. The normalized spacial score (nSPS) is 9.93. The number of hydrogen-bond acceptors (Lipinski definition) is 2. The lowest BCUT2D eigenvalue weighted by atomic mass is 10.3. The van der Waals surface area contributed by atoms with Gasteiger partial charge in [0.15, 0.2) is 0 Å². The average molecular weight is 250 g/mol. The molecule has 0 aliphatic rings. The first kappa shape index (κ1) is 11.7. The topological polar surface area (TPSA) is 29.1 Å². The van der Waals surface area contributed by atoms with Crippen molar-refractivity contribution in [1.82, 2.24) is 0 Å². The van der Waals surface area contributed by atoms with E-state index in [0.29, 0.717) is 27.9 Å². The van der Waals surface area contributed by atoms with E-state index in [1.54, 1.807) is 18.2 Å². The molecule has 0 fully saturated rings. The number of rotatable bonds is 3. The van der Waals surface area contributed by atoms with Crippen LogP contribution < -0.4 is 5.32 Å². The zero-order chi connectivity index (χ0) is 10.6. The fourth-order valence-electron chi connectivity index (χ4n) is 0.921. The van der Waals surface area contributed by atoms with Gasteiger partial charge in [0.25, 0.3) is 0 Å². The molecule has 0 radical (unpaired) electrons. The first-order valence-electron chi connectivity index (χ1n) is 4.00. The van der Waals surface area contributed by atoms with Crippen molar-refractivity contribution in [3.8, 4) is 0 Å². The second-order valence-electron chi connectivity index (χ2n) is 2.62. The quantitative estimate of drug-likeness (QED) is 0.792. The van der Waals surface area contributed by atoms with Crippen molar-refractivity contribution in [1.29, 1.82) is 0 Å². The molecule has 0 spiro atoms. The number of para-hydroxylation sites is 1. The number of benzene rings is 1. The van der Waals surface area contributed by atoms with Crippen molar-refractivity contribution in [3.05, 3.63) is 28.2 Å². The Morgan fingerprint density at radius 1 is 1.36 bits per heavy atom. The molecule has 1 rings (SSSR count). The van der Waals surface area contributed by atoms with Gasteiger partial charge in [-0.15, -0.1) is 0 Å². The van der Waals surface area contributed by atoms with E-state index in [9.17, 15) is 4.79 Å². The number of hydrogen-bond donors (Lipinski definition) is 2. The first-order valence-corrected chi connectivity index (χ1v) is 5.38. The van der Waals surface area contributed by atoms with Crippen molar-refractivity contribution < 1.29 is 4.79 Å². The summed E-state index contributed by atoms with van der Waals surface area (Å²) < 4.78 is 0. The van der Waals surface area contributed by atoms with E-state index < -0.39 is 0 Å². The van der Waals surface area contributed by atoms with Crippen LogP contribution in [0.15, 0.2) is 18.2 Å². The summed E-state index contributed by atoms with van der Waals surface area (Å²) in [4.78, 5) is 11.2. The highest BCUT2D eigenvalue weighted by Gasteiger charge is 2.08. The molecule has 76 valence electrons. The Morgan fingerprint density at radius 3 is 2.43 bits per heavy atom. The Hall–Kier alpha value is -0.380. The number of halogens is 2. The van der Waals surface area contributed by atoms with E-state index in [1.165, 1.54) is 0 Å². The largest absolute Gasteiger partial charge is 0.324 e. The van der Waals surface area contributed by atoms with E-state index in [1.807, 2.05) is 0 Å². The predicted molar refractivity (Wildman–Crippen MR) is 63.6 cm³/mol. The Morgan fingerprint density at radius 2 is 1.93 bits per heavy atom. The molecular weight excluding hydrogens is 241 g/mol. The number of carbonyl (C=O) groups is 1. The molecule has 0 atom stereocenters. The lowest BCUT2D eigenvalue weighted by Gasteiger charge is -2.07. The van der Waals surface area contributed by atoms with Crippen LogP contribution in [0.5, 0.6) is 0 Å². The van der Waals surface area contributed by atoms with E-state index in [4.69, 9.17) is 23.2 Å². The molecule has 0 saturated heterocycles. The minimum absolute atomic E-state index is 0.144. The predicted octanol–water partition coefficient (Wildman–Crippen LogP) is 3.25. The maximum atomic E-state index is 11.2. The van der Waals surface area contributed by atoms with Crippen LogP contribution in [0.3, 0.4) is 0 Å². The van der Waals surface area contributed by atoms with Crippen molar-refractivity contribution in [2.24, 2.45) is 0 Å². The molecule has 0 unspecified atom stereocenters. The van der Waals surface area contributed by atoms with Gasteiger partial charge in [-0.2, -0.15) is 12.6 Å². The third-order valence-corrected chi connectivity index (χ3v) is 2.42. The summed E-state index contributed by atoms with van der Waals surface area (Å²) in [6, 6.07) is 5.06. The van der Waals surface area contributed by atoms with Gasteiger partial charge < -0.3 is 5.32 Å². The van der Waals surface area contributed by atoms with Gasteiger partial charge in [0, 0.05) is 6.42 Å². The van der Waals surface area contributed by atoms with Crippen molar-refractivity contribution in [3.63, 3.8) is 0 Å². The summed E-state index contributed by atoms with van der Waals surface area (Å²) in [5, 5.41) is 3.50. The van der Waals surface area contributed by atoms with Crippen LogP contribution >= 0.6 is 35.8 Å². The molecule has 1 amide bonds. The van der Waals surface area contributed by atoms with Crippen LogP contribution in [0.1, 0.15) is 6.42 Å². The first-order chi connectivity index (χ1) is 6.65. The van der Waals surface area contributed by atoms with Crippen molar-refractivity contribution in [2.75, 3.05) is 11.1 Å². The number of thiol groups is 1. The highest BCUT2D eigenvalue weighted by molar-refractivity contribution is 7.80. The summed E-state index contributed by atoms with van der Waals surface area (Å²) in [5.74, 6) is 0.350. The monoisotopic (exact) mass is 249 g/mol. The zero-order valence-corrected chi connectivity index (χ0v) is 9.66. The lowest BCUT2D eigenvalue weighted by Crippen LogP contribution is -2.12. The molecule has 0 aliphatic carbocycles. The number of carbonyl (C=O) groups excluding carboxylic acids is 1. The standard InChI is InChI=1S/C9H9Cl2NOS/c10-6-2-1-3-7(11)9(6)12-8(13)4-5-14/h1-3,14H,4-5H2,(H,12,13). The summed E-state index contributed by atoms with van der Waals surface area (Å²) in [5.41, 5.74) is 0.461. The van der Waals surface area contributed by atoms with Gasteiger partial charge in [0.2, 0.25) is 5.91 Å². The SMILES string of the molecule is O=C(CCS)Nc1c(Cl)cccc1Cl. The van der Waals surface area contributed by atoms with Gasteiger partial charge in [-0.3, -0.25) is 4.79 Å². The Balaban J connectivity index is 2.80. The second kappa shape index (κ2) is 5.49. The fraction of sp³-hybridized carbons (Fsp3) is 0.222. The van der Waals surface area contributed by atoms with E-state index in [-0.39, 0.29) is 5.91 Å². The van der Waals surface area contributed by atoms with Crippen LogP contribution in [-0.2, 0) is 4.79 Å². The maximum Gasteiger partial charge on any atom is 0.225 e. The summed E-state index contributed by atoms with van der Waals surface area (Å²) in [6.45, 7) is 0. The minimum Gasteiger partial charge on any atom is -0.324 e. The van der Waals surface area contributed by atoms with Gasteiger partial charge >= 0.3 is 0 Å². The van der Waals surface area contributed by atoms with Crippen LogP contribution in [-0.4, -0.2) is 11.7 Å². The molecule has 0 saturated carbocycles. The molecule has 1 aromatic rings. The summed E-state index contributed by atoms with van der Waals surface area (Å²) >= 11 is 15.7. The number of anilines is 1. The molecule has 0 bridgehead atoms. The van der Waals surface area contributed by atoms with Crippen LogP contribution in [0, 0.1) is 0 Å². The van der Waals surface area contributed by atoms with Gasteiger partial charge in [-0.1, -0.05) is 29.3 Å². The highest BCUT2D eigenvalue weighted by atomic mass is 35.5. The Kier molecular flexibility index (Phi) is 4.58. The molecule has 0 aromatic heterocycles. The number of amides is 1. The molecule has 14 heavy (non-hydrogen) atoms. The molecule has 1 N–H and O–H groups in total. The fourth-order valence-corrected chi connectivity index (χ4v) is 1.62. The van der Waals surface area contributed by atoms with Gasteiger partial charge in [0.05, 0.1) is 15.7 Å². The van der Waals surface area contributed by atoms with Gasteiger partial charge in [0.1, 0.15) is 0 Å². The van der Waals surface area contributed by atoms with Gasteiger partial charge in [-0.05, 0) is 17.9 Å². The average Bonchev–Trinajstić information content (AvgIpc) is 2.12. The lowest BCUT2D eigenvalue weighted by molar-refractivity contribution is -0.115. The summed E-state index contributed by atoms with van der Waals surface area (Å²) in [7, 11) is 0. The minimum atomic E-state index is -0.144. The van der Waals surface area contributed by atoms with Crippen LogP contribution in [0.25, 0.3) is 0 Å². The maximum absolute atomic E-state index is 11.2. The molecular formula is C9H9Cl2NOS. The third kappa shape index (κ3) is 3.08. The second-order valence-corrected chi connectivity index (χ2v) is 3.88. The van der Waals surface area contributed by atoms with Gasteiger partial charge in [-0.25, -0.2) is 0 Å². The molecule has 0 heterocycles. The molecule has 2 nitrogen and oxygen atoms in total. The Labute approximate surface area is 98.0 Å². The zero-order valence-electron chi connectivity index (χ0n) is 7.26. The molecule has 1 aromatic carbocycles. The Bertz CT molecular complexity index is 323. The van der Waals surface area contributed by atoms with Crippen molar-refractivity contribution in [2.45, 2.75) is 6.42 Å². The van der Waals surface area contributed by atoms with E-state index >= 15 is 0 Å². The van der Waals surface area contributed by atoms with E-state index in [0.717, 1.165) is 0 Å². The summed E-state index contributed by atoms with van der Waals surface area (Å²) in [6.07, 6.45) is 0.338.